The maximum Gasteiger partial charge on any atom is 0.265 e. The summed E-state index contributed by atoms with van der Waals surface area (Å²) >= 11 is 5.28. The third kappa shape index (κ3) is 2.53. The average Bonchev–Trinajstić information content (AvgIpc) is 3.31. The lowest BCUT2D eigenvalue weighted by molar-refractivity contribution is 0.0954. The number of hydrogen-bond acceptors (Lipinski definition) is 3. The molecule has 1 unspecified atom stereocenters. The summed E-state index contributed by atoms with van der Waals surface area (Å²) in [6.07, 6.45) is 0.992. The van der Waals surface area contributed by atoms with Gasteiger partial charge in [-0.2, -0.15) is 5.10 Å². The number of nitrogens with zero attached hydrogens (tertiary/aromatic N) is 2. The van der Waals surface area contributed by atoms with Crippen LogP contribution in [0.4, 0.5) is 0 Å². The van der Waals surface area contributed by atoms with Crippen LogP contribution in [0.15, 0.2) is 60.7 Å². The standard InChI is InChI=1S/C18H15N3OS/c22-17(13-9-5-2-6-10-13)21-16(19-20-18(21)23)15-11-14(15)12-7-3-1-4-8-12/h1-10,14-15H,11H2,(H,20,23)/t14-,15?/m0/s1. The first-order valence-corrected chi connectivity index (χ1v) is 7.98. The summed E-state index contributed by atoms with van der Waals surface area (Å²) in [6.45, 7) is 0. The molecule has 0 saturated heterocycles. The SMILES string of the molecule is O=C(c1ccccc1)n1c(C2C[C@H]2c2ccccc2)n[nH]c1=S. The first-order chi connectivity index (χ1) is 11.3. The number of carbonyl (C=O) groups excluding carboxylic acids is 1. The molecule has 1 heterocycles. The van der Waals surface area contributed by atoms with Crippen LogP contribution in [0, 0.1) is 4.77 Å². The van der Waals surface area contributed by atoms with Crippen molar-refractivity contribution in [2.75, 3.05) is 0 Å². The second kappa shape index (κ2) is 5.59. The van der Waals surface area contributed by atoms with Gasteiger partial charge in [-0.05, 0) is 42.3 Å². The van der Waals surface area contributed by atoms with E-state index in [1.165, 1.54) is 10.1 Å². The van der Waals surface area contributed by atoms with Gasteiger partial charge in [-0.15, -0.1) is 0 Å². The van der Waals surface area contributed by atoms with E-state index in [1.807, 2.05) is 36.4 Å². The quantitative estimate of drug-likeness (QED) is 0.744. The van der Waals surface area contributed by atoms with Gasteiger partial charge in [-0.25, -0.2) is 4.57 Å². The normalized spacial score (nSPS) is 19.5. The highest BCUT2D eigenvalue weighted by molar-refractivity contribution is 7.71. The molecule has 4 rings (SSSR count). The monoisotopic (exact) mass is 321 g/mol. The second-order valence-electron chi connectivity index (χ2n) is 5.75. The number of nitrogens with one attached hydrogen (secondary N) is 1. The first-order valence-electron chi connectivity index (χ1n) is 7.57. The van der Waals surface area contributed by atoms with E-state index in [-0.39, 0.29) is 11.8 Å². The molecule has 1 aliphatic rings. The summed E-state index contributed by atoms with van der Waals surface area (Å²) in [5.41, 5.74) is 1.90. The Hall–Kier alpha value is -2.53. The predicted molar refractivity (Wildman–Crippen MR) is 90.1 cm³/mol. The Labute approximate surface area is 138 Å². The van der Waals surface area contributed by atoms with Crippen LogP contribution in [-0.2, 0) is 0 Å². The highest BCUT2D eigenvalue weighted by atomic mass is 32.1. The Morgan fingerprint density at radius 2 is 1.70 bits per heavy atom. The van der Waals surface area contributed by atoms with Crippen LogP contribution >= 0.6 is 12.2 Å². The smallest absolute Gasteiger partial charge is 0.265 e. The zero-order chi connectivity index (χ0) is 15.8. The Morgan fingerprint density at radius 3 is 2.39 bits per heavy atom. The Bertz CT molecular complexity index is 899. The number of hydrogen-bond donors (Lipinski definition) is 1. The van der Waals surface area contributed by atoms with Crippen LogP contribution in [-0.4, -0.2) is 20.7 Å². The van der Waals surface area contributed by atoms with Crippen LogP contribution in [0.1, 0.15) is 40.0 Å². The van der Waals surface area contributed by atoms with E-state index in [0.29, 0.717) is 16.3 Å². The van der Waals surface area contributed by atoms with Crippen molar-refractivity contribution >= 4 is 18.1 Å². The number of carbonyl (C=O) groups is 1. The Morgan fingerprint density at radius 1 is 1.04 bits per heavy atom. The molecule has 23 heavy (non-hydrogen) atoms. The van der Waals surface area contributed by atoms with Gasteiger partial charge >= 0.3 is 0 Å². The molecule has 0 bridgehead atoms. The van der Waals surface area contributed by atoms with Crippen LogP contribution in [0.2, 0.25) is 0 Å². The zero-order valence-corrected chi connectivity index (χ0v) is 13.2. The molecular weight excluding hydrogens is 306 g/mol. The molecule has 4 nitrogen and oxygen atoms in total. The molecule has 5 heteroatoms. The number of H-pyrrole nitrogens is 1. The van der Waals surface area contributed by atoms with Gasteiger partial charge < -0.3 is 0 Å². The lowest BCUT2D eigenvalue weighted by atomic mass is 10.1. The van der Waals surface area contributed by atoms with Gasteiger partial charge in [0, 0.05) is 11.5 Å². The molecule has 0 aliphatic heterocycles. The lowest BCUT2D eigenvalue weighted by Crippen LogP contribution is -2.15. The largest absolute Gasteiger partial charge is 0.268 e. The van der Waals surface area contributed by atoms with Crippen molar-refractivity contribution in [3.05, 3.63) is 82.4 Å². The van der Waals surface area contributed by atoms with Crippen molar-refractivity contribution in [1.82, 2.24) is 14.8 Å². The summed E-state index contributed by atoms with van der Waals surface area (Å²) in [6, 6.07) is 19.5. The molecule has 114 valence electrons. The van der Waals surface area contributed by atoms with E-state index < -0.39 is 0 Å². The van der Waals surface area contributed by atoms with Crippen LogP contribution in [0.3, 0.4) is 0 Å². The fourth-order valence-corrected chi connectivity index (χ4v) is 3.24. The number of rotatable bonds is 3. The third-order valence-electron chi connectivity index (χ3n) is 4.27. The highest BCUT2D eigenvalue weighted by Gasteiger charge is 2.43. The molecule has 1 fully saturated rings. The molecule has 1 aromatic heterocycles. The molecule has 1 saturated carbocycles. The summed E-state index contributed by atoms with van der Waals surface area (Å²) in [7, 11) is 0. The molecule has 2 atom stereocenters. The van der Waals surface area contributed by atoms with E-state index in [9.17, 15) is 4.79 Å². The van der Waals surface area contributed by atoms with E-state index in [0.717, 1.165) is 12.2 Å². The van der Waals surface area contributed by atoms with Crippen molar-refractivity contribution in [2.45, 2.75) is 18.3 Å². The van der Waals surface area contributed by atoms with Crippen LogP contribution in [0.5, 0.6) is 0 Å². The third-order valence-corrected chi connectivity index (χ3v) is 4.55. The van der Waals surface area contributed by atoms with E-state index >= 15 is 0 Å². The van der Waals surface area contributed by atoms with E-state index in [2.05, 4.69) is 22.3 Å². The minimum atomic E-state index is -0.127. The van der Waals surface area contributed by atoms with Crippen molar-refractivity contribution in [3.63, 3.8) is 0 Å². The molecular formula is C18H15N3OS. The highest BCUT2D eigenvalue weighted by Crippen LogP contribution is 2.53. The predicted octanol–water partition coefficient (Wildman–Crippen LogP) is 3.90. The van der Waals surface area contributed by atoms with Gasteiger partial charge in [-0.1, -0.05) is 48.5 Å². The van der Waals surface area contributed by atoms with Gasteiger partial charge in [-0.3, -0.25) is 9.89 Å². The molecule has 2 aromatic carbocycles. The summed E-state index contributed by atoms with van der Waals surface area (Å²) < 4.78 is 1.89. The van der Waals surface area contributed by atoms with Crippen LogP contribution < -0.4 is 0 Å². The molecule has 0 spiro atoms. The van der Waals surface area contributed by atoms with Gasteiger partial charge in [0.25, 0.3) is 5.91 Å². The molecule has 0 radical (unpaired) electrons. The fraction of sp³-hybridized carbons (Fsp3) is 0.167. The summed E-state index contributed by atoms with van der Waals surface area (Å²) in [5, 5.41) is 7.10. The lowest BCUT2D eigenvalue weighted by Gasteiger charge is -2.05. The van der Waals surface area contributed by atoms with Gasteiger partial charge in [0.2, 0.25) is 4.77 Å². The number of benzene rings is 2. The van der Waals surface area contributed by atoms with Gasteiger partial charge in [0.15, 0.2) is 0 Å². The molecule has 1 aliphatic carbocycles. The average molecular weight is 321 g/mol. The van der Waals surface area contributed by atoms with Crippen molar-refractivity contribution in [1.29, 1.82) is 0 Å². The maximum atomic E-state index is 12.8. The maximum absolute atomic E-state index is 12.8. The Balaban J connectivity index is 1.68. The van der Waals surface area contributed by atoms with Crippen molar-refractivity contribution in [2.24, 2.45) is 0 Å². The number of aromatic amines is 1. The molecule has 3 aromatic rings. The van der Waals surface area contributed by atoms with Crippen molar-refractivity contribution < 1.29 is 4.79 Å². The van der Waals surface area contributed by atoms with E-state index in [1.54, 1.807) is 12.1 Å². The first kappa shape index (κ1) is 14.1. The minimum Gasteiger partial charge on any atom is -0.268 e. The summed E-state index contributed by atoms with van der Waals surface area (Å²) in [5.74, 6) is 1.25. The fourth-order valence-electron chi connectivity index (χ4n) is 3.01. The second-order valence-corrected chi connectivity index (χ2v) is 6.14. The number of aromatic nitrogens is 3. The van der Waals surface area contributed by atoms with Gasteiger partial charge in [0.05, 0.1) is 0 Å². The Kier molecular flexibility index (Phi) is 3.42. The van der Waals surface area contributed by atoms with E-state index in [4.69, 9.17) is 12.2 Å². The zero-order valence-electron chi connectivity index (χ0n) is 12.3. The summed E-state index contributed by atoms with van der Waals surface area (Å²) in [4.78, 5) is 12.8. The van der Waals surface area contributed by atoms with Gasteiger partial charge in [0.1, 0.15) is 5.82 Å². The topological polar surface area (TPSA) is 50.7 Å². The molecule has 1 N–H and O–H groups in total. The molecule has 0 amide bonds. The minimum absolute atomic E-state index is 0.127. The van der Waals surface area contributed by atoms with Crippen LogP contribution in [0.25, 0.3) is 0 Å². The van der Waals surface area contributed by atoms with Crippen molar-refractivity contribution in [3.8, 4) is 0 Å².